The summed E-state index contributed by atoms with van der Waals surface area (Å²) in [7, 11) is -3.63. The first-order chi connectivity index (χ1) is 11.6. The van der Waals surface area contributed by atoms with E-state index in [0.29, 0.717) is 12.0 Å². The third-order valence-electron chi connectivity index (χ3n) is 4.95. The molecule has 0 radical (unpaired) electrons. The molecule has 2 aromatic rings. The number of nitrogens with one attached hydrogen (secondary N) is 2. The molecule has 0 aliphatic carbocycles. The third-order valence-corrected chi connectivity index (χ3v) is 6.71. The molecule has 1 fully saturated rings. The van der Waals surface area contributed by atoms with Crippen LogP contribution in [0, 0.1) is 5.82 Å². The topological polar surface area (TPSA) is 58.2 Å². The Hall–Kier alpha value is -1.92. The van der Waals surface area contributed by atoms with Crippen LogP contribution in [-0.4, -0.2) is 27.5 Å². The second kappa shape index (κ2) is 5.86. The van der Waals surface area contributed by atoms with Crippen LogP contribution < -0.4 is 10.6 Å². The SMILES string of the molecule is O=S(=O)(c1ccc(F)cc1)c1ccc2c(c1)[C@@H]1CCNCCC1N2. The first-order valence-electron chi connectivity index (χ1n) is 8.17. The van der Waals surface area contributed by atoms with Crippen molar-refractivity contribution in [2.75, 3.05) is 18.4 Å². The number of anilines is 1. The Balaban J connectivity index is 1.73. The number of hydrogen-bond acceptors (Lipinski definition) is 4. The molecule has 0 aromatic heterocycles. The number of rotatable bonds is 2. The van der Waals surface area contributed by atoms with Gasteiger partial charge in [-0.05, 0) is 74.0 Å². The highest BCUT2D eigenvalue weighted by Crippen LogP contribution is 2.41. The predicted octanol–water partition coefficient (Wildman–Crippen LogP) is 2.92. The van der Waals surface area contributed by atoms with Gasteiger partial charge in [-0.15, -0.1) is 0 Å². The summed E-state index contributed by atoms with van der Waals surface area (Å²) in [5.74, 6) is -0.112. The first kappa shape index (κ1) is 15.6. The Kier molecular flexibility index (Phi) is 3.81. The van der Waals surface area contributed by atoms with Gasteiger partial charge < -0.3 is 10.6 Å². The average molecular weight is 346 g/mol. The van der Waals surface area contributed by atoms with E-state index in [2.05, 4.69) is 10.6 Å². The summed E-state index contributed by atoms with van der Waals surface area (Å²) in [6.45, 7) is 1.92. The van der Waals surface area contributed by atoms with Gasteiger partial charge in [0.1, 0.15) is 5.82 Å². The van der Waals surface area contributed by atoms with Crippen LogP contribution in [0.5, 0.6) is 0 Å². The van der Waals surface area contributed by atoms with Crippen LogP contribution in [0.1, 0.15) is 24.3 Å². The Labute approximate surface area is 141 Å². The lowest BCUT2D eigenvalue weighted by Gasteiger charge is -2.16. The maximum absolute atomic E-state index is 13.1. The van der Waals surface area contributed by atoms with E-state index in [1.54, 1.807) is 12.1 Å². The second-order valence-corrected chi connectivity index (χ2v) is 8.34. The van der Waals surface area contributed by atoms with Crippen molar-refractivity contribution in [3.63, 3.8) is 0 Å². The van der Waals surface area contributed by atoms with Crippen LogP contribution in [0.4, 0.5) is 10.1 Å². The fourth-order valence-corrected chi connectivity index (χ4v) is 4.98. The molecule has 24 heavy (non-hydrogen) atoms. The van der Waals surface area contributed by atoms with Gasteiger partial charge in [-0.1, -0.05) is 0 Å². The highest BCUT2D eigenvalue weighted by molar-refractivity contribution is 7.91. The van der Waals surface area contributed by atoms with Crippen LogP contribution in [0.15, 0.2) is 52.3 Å². The lowest BCUT2D eigenvalue weighted by Crippen LogP contribution is -2.21. The molecule has 0 bridgehead atoms. The summed E-state index contributed by atoms with van der Waals surface area (Å²) >= 11 is 0. The molecule has 2 N–H and O–H groups in total. The fraction of sp³-hybridized carbons (Fsp3) is 0.333. The monoisotopic (exact) mass is 346 g/mol. The van der Waals surface area contributed by atoms with Crippen molar-refractivity contribution in [2.45, 2.75) is 34.6 Å². The molecule has 2 aliphatic heterocycles. The molecule has 126 valence electrons. The van der Waals surface area contributed by atoms with E-state index < -0.39 is 15.7 Å². The second-order valence-electron chi connectivity index (χ2n) is 6.39. The molecule has 2 atom stereocenters. The van der Waals surface area contributed by atoms with E-state index in [1.807, 2.05) is 6.07 Å². The molecule has 4 rings (SSSR count). The van der Waals surface area contributed by atoms with Gasteiger partial charge in [0.05, 0.1) is 9.79 Å². The van der Waals surface area contributed by atoms with Crippen LogP contribution in [0.3, 0.4) is 0 Å². The van der Waals surface area contributed by atoms with Gasteiger partial charge in [0.25, 0.3) is 0 Å². The van der Waals surface area contributed by atoms with Crippen molar-refractivity contribution in [3.8, 4) is 0 Å². The maximum Gasteiger partial charge on any atom is 0.206 e. The fourth-order valence-electron chi connectivity index (χ4n) is 3.68. The van der Waals surface area contributed by atoms with Crippen LogP contribution >= 0.6 is 0 Å². The average Bonchev–Trinajstić information content (AvgIpc) is 2.75. The molecule has 0 spiro atoms. The van der Waals surface area contributed by atoms with Crippen molar-refractivity contribution in [1.82, 2.24) is 5.32 Å². The molecular weight excluding hydrogens is 327 g/mol. The molecule has 2 heterocycles. The zero-order chi connectivity index (χ0) is 16.7. The minimum absolute atomic E-state index is 0.119. The molecule has 1 saturated heterocycles. The predicted molar refractivity (Wildman–Crippen MR) is 90.5 cm³/mol. The van der Waals surface area contributed by atoms with Gasteiger partial charge in [0, 0.05) is 17.6 Å². The minimum atomic E-state index is -3.63. The Morgan fingerprint density at radius 1 is 0.958 bits per heavy atom. The van der Waals surface area contributed by atoms with Gasteiger partial charge in [0.2, 0.25) is 9.84 Å². The molecular formula is C18H19FN2O2S. The number of sulfone groups is 1. The Morgan fingerprint density at radius 2 is 1.67 bits per heavy atom. The molecule has 2 aromatic carbocycles. The highest BCUT2D eigenvalue weighted by Gasteiger charge is 2.34. The zero-order valence-corrected chi connectivity index (χ0v) is 13.9. The summed E-state index contributed by atoms with van der Waals surface area (Å²) < 4.78 is 38.7. The van der Waals surface area contributed by atoms with Gasteiger partial charge in [-0.25, -0.2) is 12.8 Å². The standard InChI is InChI=1S/C18H19FN2O2S/c19-12-1-3-13(4-2-12)24(22,23)14-5-6-17-16(11-14)15-7-9-20-10-8-18(15)21-17/h1-6,11,15,18,20-21H,7-10H2/t15-,18?/m0/s1. The molecule has 0 amide bonds. The van der Waals surface area contributed by atoms with E-state index in [4.69, 9.17) is 0 Å². The summed E-state index contributed by atoms with van der Waals surface area (Å²) in [5, 5.41) is 6.91. The smallest absolute Gasteiger partial charge is 0.206 e. The summed E-state index contributed by atoms with van der Waals surface area (Å²) in [4.78, 5) is 0.390. The molecule has 4 nitrogen and oxygen atoms in total. The van der Waals surface area contributed by atoms with E-state index in [0.717, 1.165) is 37.2 Å². The number of halogens is 1. The quantitative estimate of drug-likeness (QED) is 0.821. The van der Waals surface area contributed by atoms with E-state index in [9.17, 15) is 12.8 Å². The van der Waals surface area contributed by atoms with Crippen molar-refractivity contribution >= 4 is 15.5 Å². The van der Waals surface area contributed by atoms with Crippen LogP contribution in [0.25, 0.3) is 0 Å². The van der Waals surface area contributed by atoms with E-state index in [1.165, 1.54) is 24.3 Å². The zero-order valence-electron chi connectivity index (χ0n) is 13.1. The van der Waals surface area contributed by atoms with Crippen molar-refractivity contribution in [3.05, 3.63) is 53.8 Å². The van der Waals surface area contributed by atoms with Gasteiger partial charge in [-0.3, -0.25) is 0 Å². The highest BCUT2D eigenvalue weighted by atomic mass is 32.2. The van der Waals surface area contributed by atoms with Crippen LogP contribution in [-0.2, 0) is 9.84 Å². The Bertz CT molecular complexity index is 865. The lowest BCUT2D eigenvalue weighted by atomic mass is 9.91. The number of hydrogen-bond donors (Lipinski definition) is 2. The number of fused-ring (bicyclic) bond motifs is 3. The molecule has 0 saturated carbocycles. The van der Waals surface area contributed by atoms with Crippen molar-refractivity contribution < 1.29 is 12.8 Å². The number of benzene rings is 2. The van der Waals surface area contributed by atoms with Crippen LogP contribution in [0.2, 0.25) is 0 Å². The molecule has 6 heteroatoms. The molecule has 2 aliphatic rings. The van der Waals surface area contributed by atoms with E-state index >= 15 is 0 Å². The maximum atomic E-state index is 13.1. The first-order valence-corrected chi connectivity index (χ1v) is 9.66. The van der Waals surface area contributed by atoms with Crippen molar-refractivity contribution in [2.24, 2.45) is 0 Å². The summed E-state index contributed by atoms with van der Waals surface area (Å²) in [6.07, 6.45) is 2.02. The Morgan fingerprint density at radius 3 is 2.46 bits per heavy atom. The summed E-state index contributed by atoms with van der Waals surface area (Å²) in [6, 6.07) is 10.6. The molecule has 1 unspecified atom stereocenters. The minimum Gasteiger partial charge on any atom is -0.381 e. The summed E-state index contributed by atoms with van der Waals surface area (Å²) in [5.41, 5.74) is 2.11. The lowest BCUT2D eigenvalue weighted by molar-refractivity contribution is 0.576. The van der Waals surface area contributed by atoms with Crippen molar-refractivity contribution in [1.29, 1.82) is 0 Å². The third kappa shape index (κ3) is 2.59. The van der Waals surface area contributed by atoms with Gasteiger partial charge in [0.15, 0.2) is 0 Å². The van der Waals surface area contributed by atoms with Gasteiger partial charge in [-0.2, -0.15) is 0 Å². The van der Waals surface area contributed by atoms with E-state index in [-0.39, 0.29) is 9.79 Å². The normalized spacial score (nSPS) is 23.0. The largest absolute Gasteiger partial charge is 0.381 e. The van der Waals surface area contributed by atoms with Gasteiger partial charge >= 0.3 is 0 Å².